The molecule has 0 bridgehead atoms. The number of hydrogen-bond acceptors (Lipinski definition) is 4. The van der Waals surface area contributed by atoms with Gasteiger partial charge in [0.2, 0.25) is 0 Å². The first-order valence-corrected chi connectivity index (χ1v) is 7.64. The van der Waals surface area contributed by atoms with Crippen molar-refractivity contribution < 1.29 is 9.53 Å². The Morgan fingerprint density at radius 1 is 1.36 bits per heavy atom. The second-order valence-electron chi connectivity index (χ2n) is 5.58. The Hall–Kier alpha value is -2.14. The molecule has 1 aliphatic heterocycles. The molecule has 3 rings (SSSR count). The molecule has 0 spiro atoms. The van der Waals surface area contributed by atoms with Crippen molar-refractivity contribution in [3.63, 3.8) is 0 Å². The van der Waals surface area contributed by atoms with Crippen LogP contribution in [-0.2, 0) is 29.2 Å². The van der Waals surface area contributed by atoms with Crippen LogP contribution in [0, 0.1) is 6.92 Å². The maximum atomic E-state index is 12.3. The van der Waals surface area contributed by atoms with Gasteiger partial charge in [-0.25, -0.2) is 4.98 Å². The minimum Gasteiger partial charge on any atom is -0.465 e. The summed E-state index contributed by atoms with van der Waals surface area (Å²) in [5.74, 6) is 0.853. The molecule has 22 heavy (non-hydrogen) atoms. The van der Waals surface area contributed by atoms with E-state index in [4.69, 9.17) is 4.74 Å². The van der Waals surface area contributed by atoms with Crippen LogP contribution in [0.15, 0.2) is 36.5 Å². The molecule has 2 aromatic rings. The highest BCUT2D eigenvalue weighted by Crippen LogP contribution is 2.22. The molecule has 0 radical (unpaired) electrons. The Labute approximate surface area is 130 Å². The normalized spacial score (nSPS) is 18.0. The number of carbonyl (C=O) groups is 1. The summed E-state index contributed by atoms with van der Waals surface area (Å²) < 4.78 is 7.38. The number of aromatic nitrogens is 2. The molecule has 2 heterocycles. The van der Waals surface area contributed by atoms with E-state index in [9.17, 15) is 4.79 Å². The van der Waals surface area contributed by atoms with E-state index in [0.717, 1.165) is 18.1 Å². The van der Waals surface area contributed by atoms with Gasteiger partial charge < -0.3 is 9.30 Å². The van der Waals surface area contributed by atoms with Crippen LogP contribution in [0.2, 0.25) is 0 Å². The van der Waals surface area contributed by atoms with Crippen LogP contribution in [0.5, 0.6) is 0 Å². The van der Waals surface area contributed by atoms with Gasteiger partial charge in [-0.3, -0.25) is 9.69 Å². The Balaban J connectivity index is 1.86. The van der Waals surface area contributed by atoms with E-state index in [1.165, 1.54) is 5.56 Å². The van der Waals surface area contributed by atoms with Crippen molar-refractivity contribution in [1.29, 1.82) is 0 Å². The van der Waals surface area contributed by atoms with E-state index in [-0.39, 0.29) is 12.0 Å². The number of hydrogen-bond donors (Lipinski definition) is 0. The van der Waals surface area contributed by atoms with Crippen LogP contribution >= 0.6 is 0 Å². The highest BCUT2D eigenvalue weighted by molar-refractivity contribution is 5.76. The van der Waals surface area contributed by atoms with Gasteiger partial charge in [0.1, 0.15) is 11.9 Å². The van der Waals surface area contributed by atoms with E-state index < -0.39 is 0 Å². The number of nitrogens with zero attached hydrogens (tertiary/aromatic N) is 3. The summed E-state index contributed by atoms with van der Waals surface area (Å²) in [4.78, 5) is 18.9. The largest absolute Gasteiger partial charge is 0.465 e. The van der Waals surface area contributed by atoms with Gasteiger partial charge in [-0.05, 0) is 19.4 Å². The molecule has 0 fully saturated rings. The molecule has 5 nitrogen and oxygen atoms in total. The number of imidazole rings is 1. The molecule has 0 saturated heterocycles. The molecule has 0 amide bonds. The number of benzene rings is 1. The summed E-state index contributed by atoms with van der Waals surface area (Å²) in [5, 5.41) is 0. The molecule has 1 unspecified atom stereocenters. The standard InChI is InChI=1S/C17H21N3O2/c1-3-22-17(21)15-11-20-13(2)9-18-16(20)12-19(15)10-14-7-5-4-6-8-14/h4-9,15H,3,10-12H2,1-2H3. The average molecular weight is 299 g/mol. The van der Waals surface area contributed by atoms with Crippen molar-refractivity contribution >= 4 is 5.97 Å². The Bertz CT molecular complexity index is 651. The van der Waals surface area contributed by atoms with Crippen LogP contribution in [0.1, 0.15) is 24.0 Å². The summed E-state index contributed by atoms with van der Waals surface area (Å²) in [6, 6.07) is 9.93. The summed E-state index contributed by atoms with van der Waals surface area (Å²) in [6.45, 7) is 6.25. The predicted molar refractivity (Wildman–Crippen MR) is 83.1 cm³/mol. The molecular weight excluding hydrogens is 278 g/mol. The number of carbonyl (C=O) groups excluding carboxylic acids is 1. The molecular formula is C17H21N3O2. The first-order chi connectivity index (χ1) is 10.7. The Morgan fingerprint density at radius 2 is 2.14 bits per heavy atom. The van der Waals surface area contributed by atoms with Crippen LogP contribution in [0.4, 0.5) is 0 Å². The highest BCUT2D eigenvalue weighted by Gasteiger charge is 2.33. The van der Waals surface area contributed by atoms with Crippen LogP contribution in [0.25, 0.3) is 0 Å². The lowest BCUT2D eigenvalue weighted by Gasteiger charge is -2.35. The minimum absolute atomic E-state index is 0.155. The number of fused-ring (bicyclic) bond motifs is 1. The highest BCUT2D eigenvalue weighted by atomic mass is 16.5. The van der Waals surface area contributed by atoms with Gasteiger partial charge in [-0.1, -0.05) is 30.3 Å². The third-order valence-electron chi connectivity index (χ3n) is 4.07. The van der Waals surface area contributed by atoms with Crippen LogP contribution in [-0.4, -0.2) is 33.1 Å². The Kier molecular flexibility index (Phi) is 4.24. The molecule has 1 aliphatic rings. The Morgan fingerprint density at radius 3 is 2.86 bits per heavy atom. The van der Waals surface area contributed by atoms with Gasteiger partial charge in [0, 0.05) is 18.4 Å². The van der Waals surface area contributed by atoms with Crippen LogP contribution < -0.4 is 0 Å². The van der Waals surface area contributed by atoms with Gasteiger partial charge in [-0.2, -0.15) is 0 Å². The fraction of sp³-hybridized carbons (Fsp3) is 0.412. The third-order valence-corrected chi connectivity index (χ3v) is 4.07. The number of ether oxygens (including phenoxy) is 1. The van der Waals surface area contributed by atoms with Crippen molar-refractivity contribution in [3.05, 3.63) is 53.6 Å². The fourth-order valence-corrected chi connectivity index (χ4v) is 2.91. The zero-order valence-corrected chi connectivity index (χ0v) is 13.0. The molecule has 1 aromatic carbocycles. The monoisotopic (exact) mass is 299 g/mol. The SMILES string of the molecule is CCOC(=O)C1Cn2c(C)cnc2CN1Cc1ccccc1. The second-order valence-corrected chi connectivity index (χ2v) is 5.58. The maximum Gasteiger partial charge on any atom is 0.325 e. The van der Waals surface area contributed by atoms with E-state index in [1.807, 2.05) is 38.2 Å². The van der Waals surface area contributed by atoms with Crippen molar-refractivity contribution in [2.75, 3.05) is 6.61 Å². The quantitative estimate of drug-likeness (QED) is 0.812. The van der Waals surface area contributed by atoms with Gasteiger partial charge in [-0.15, -0.1) is 0 Å². The third kappa shape index (κ3) is 2.90. The zero-order valence-electron chi connectivity index (χ0n) is 13.0. The smallest absolute Gasteiger partial charge is 0.325 e. The van der Waals surface area contributed by atoms with Gasteiger partial charge in [0.05, 0.1) is 19.7 Å². The van der Waals surface area contributed by atoms with Crippen molar-refractivity contribution in [1.82, 2.24) is 14.5 Å². The van der Waals surface area contributed by atoms with Crippen molar-refractivity contribution in [2.45, 2.75) is 39.5 Å². The van der Waals surface area contributed by atoms with Gasteiger partial charge in [0.15, 0.2) is 0 Å². The van der Waals surface area contributed by atoms with E-state index in [1.54, 1.807) is 0 Å². The summed E-state index contributed by atoms with van der Waals surface area (Å²) in [7, 11) is 0. The number of rotatable bonds is 4. The molecule has 0 aliphatic carbocycles. The lowest BCUT2D eigenvalue weighted by atomic mass is 10.1. The molecule has 1 atom stereocenters. The molecule has 1 aromatic heterocycles. The maximum absolute atomic E-state index is 12.3. The van der Waals surface area contributed by atoms with Crippen LogP contribution in [0.3, 0.4) is 0 Å². The number of aryl methyl sites for hydroxylation is 1. The topological polar surface area (TPSA) is 47.4 Å². The lowest BCUT2D eigenvalue weighted by molar-refractivity contribution is -0.151. The zero-order chi connectivity index (χ0) is 15.5. The molecule has 0 saturated carbocycles. The van der Waals surface area contributed by atoms with Gasteiger partial charge in [0.25, 0.3) is 0 Å². The fourth-order valence-electron chi connectivity index (χ4n) is 2.91. The number of esters is 1. The lowest BCUT2D eigenvalue weighted by Crippen LogP contribution is -2.48. The van der Waals surface area contributed by atoms with E-state index in [2.05, 4.69) is 26.6 Å². The minimum atomic E-state index is -0.263. The molecule has 5 heteroatoms. The predicted octanol–water partition coefficient (Wildman–Crippen LogP) is 2.14. The second kappa shape index (κ2) is 6.32. The molecule has 116 valence electrons. The summed E-state index contributed by atoms with van der Waals surface area (Å²) in [5.41, 5.74) is 2.28. The van der Waals surface area contributed by atoms with Gasteiger partial charge >= 0.3 is 5.97 Å². The van der Waals surface area contributed by atoms with E-state index >= 15 is 0 Å². The van der Waals surface area contributed by atoms with Crippen molar-refractivity contribution in [2.24, 2.45) is 0 Å². The van der Waals surface area contributed by atoms with E-state index in [0.29, 0.717) is 19.7 Å². The van der Waals surface area contributed by atoms with Crippen molar-refractivity contribution in [3.8, 4) is 0 Å². The molecule has 0 N–H and O–H groups in total. The first-order valence-electron chi connectivity index (χ1n) is 7.64. The summed E-state index contributed by atoms with van der Waals surface area (Å²) in [6.07, 6.45) is 1.86. The first kappa shape index (κ1) is 14.8. The average Bonchev–Trinajstić information content (AvgIpc) is 2.88. The summed E-state index contributed by atoms with van der Waals surface area (Å²) >= 11 is 0.